The SMILES string of the molecule is CCNc1nc(-c2cc(Cl)ccc2Br)nc2c1CCCC2. The van der Waals surface area contributed by atoms with Gasteiger partial charge in [0, 0.05) is 32.9 Å². The maximum Gasteiger partial charge on any atom is 0.162 e. The number of nitrogens with zero attached hydrogens (tertiary/aromatic N) is 2. The van der Waals surface area contributed by atoms with Gasteiger partial charge in [0.15, 0.2) is 5.82 Å². The summed E-state index contributed by atoms with van der Waals surface area (Å²) >= 11 is 9.69. The first kappa shape index (κ1) is 14.8. The van der Waals surface area contributed by atoms with Crippen molar-refractivity contribution in [1.29, 1.82) is 0 Å². The van der Waals surface area contributed by atoms with Gasteiger partial charge >= 0.3 is 0 Å². The van der Waals surface area contributed by atoms with Crippen LogP contribution in [0.1, 0.15) is 31.0 Å². The Hall–Kier alpha value is -1.13. The van der Waals surface area contributed by atoms with E-state index in [9.17, 15) is 0 Å². The van der Waals surface area contributed by atoms with Crippen molar-refractivity contribution in [2.24, 2.45) is 0 Å². The van der Waals surface area contributed by atoms with Gasteiger partial charge in [0.25, 0.3) is 0 Å². The van der Waals surface area contributed by atoms with E-state index in [1.54, 1.807) is 0 Å². The van der Waals surface area contributed by atoms with Gasteiger partial charge in [-0.2, -0.15) is 0 Å². The maximum absolute atomic E-state index is 6.12. The van der Waals surface area contributed by atoms with Crippen LogP contribution < -0.4 is 5.32 Å². The minimum absolute atomic E-state index is 0.694. The Kier molecular flexibility index (Phi) is 4.45. The molecule has 1 aromatic carbocycles. The van der Waals surface area contributed by atoms with Crippen molar-refractivity contribution in [1.82, 2.24) is 9.97 Å². The molecule has 0 bridgehead atoms. The van der Waals surface area contributed by atoms with E-state index in [1.807, 2.05) is 18.2 Å². The minimum atomic E-state index is 0.694. The van der Waals surface area contributed by atoms with Gasteiger partial charge in [-0.3, -0.25) is 0 Å². The van der Waals surface area contributed by atoms with Gasteiger partial charge in [-0.15, -0.1) is 0 Å². The van der Waals surface area contributed by atoms with Crippen LogP contribution in [0.4, 0.5) is 5.82 Å². The highest BCUT2D eigenvalue weighted by molar-refractivity contribution is 9.10. The predicted molar refractivity (Wildman–Crippen MR) is 91.0 cm³/mol. The van der Waals surface area contributed by atoms with Crippen LogP contribution in [0.3, 0.4) is 0 Å². The van der Waals surface area contributed by atoms with Crippen LogP contribution in [0.15, 0.2) is 22.7 Å². The summed E-state index contributed by atoms with van der Waals surface area (Å²) in [5.74, 6) is 1.71. The summed E-state index contributed by atoms with van der Waals surface area (Å²) in [6.45, 7) is 2.95. The Labute approximate surface area is 138 Å². The minimum Gasteiger partial charge on any atom is -0.370 e. The van der Waals surface area contributed by atoms with Gasteiger partial charge in [-0.05, 0) is 50.8 Å². The van der Waals surface area contributed by atoms with Crippen LogP contribution in [-0.4, -0.2) is 16.5 Å². The lowest BCUT2D eigenvalue weighted by Crippen LogP contribution is -2.13. The van der Waals surface area contributed by atoms with Crippen LogP contribution in [0.25, 0.3) is 11.4 Å². The van der Waals surface area contributed by atoms with Gasteiger partial charge < -0.3 is 5.32 Å². The number of benzene rings is 1. The van der Waals surface area contributed by atoms with Crippen molar-refractivity contribution in [2.45, 2.75) is 32.6 Å². The quantitative estimate of drug-likeness (QED) is 0.842. The number of hydrogen-bond acceptors (Lipinski definition) is 3. The monoisotopic (exact) mass is 365 g/mol. The van der Waals surface area contributed by atoms with Gasteiger partial charge in [0.1, 0.15) is 5.82 Å². The second-order valence-electron chi connectivity index (χ2n) is 5.18. The second kappa shape index (κ2) is 6.32. The highest BCUT2D eigenvalue weighted by Crippen LogP contribution is 2.32. The van der Waals surface area contributed by atoms with E-state index < -0.39 is 0 Å². The molecule has 2 aromatic rings. The number of hydrogen-bond donors (Lipinski definition) is 1. The van der Waals surface area contributed by atoms with Crippen LogP contribution in [-0.2, 0) is 12.8 Å². The number of anilines is 1. The fourth-order valence-electron chi connectivity index (χ4n) is 2.70. The van der Waals surface area contributed by atoms with Gasteiger partial charge in [0.2, 0.25) is 0 Å². The molecule has 0 aliphatic heterocycles. The second-order valence-corrected chi connectivity index (χ2v) is 6.47. The van der Waals surface area contributed by atoms with Crippen molar-refractivity contribution in [3.05, 3.63) is 39.0 Å². The summed E-state index contributed by atoms with van der Waals surface area (Å²) in [5, 5.41) is 4.07. The molecule has 110 valence electrons. The third kappa shape index (κ3) is 3.06. The van der Waals surface area contributed by atoms with Crippen molar-refractivity contribution in [3.63, 3.8) is 0 Å². The molecule has 3 rings (SSSR count). The van der Waals surface area contributed by atoms with E-state index in [1.165, 1.54) is 24.1 Å². The molecule has 21 heavy (non-hydrogen) atoms. The Balaban J connectivity index is 2.14. The lowest BCUT2D eigenvalue weighted by Gasteiger charge is -2.19. The highest BCUT2D eigenvalue weighted by atomic mass is 79.9. The van der Waals surface area contributed by atoms with Crippen molar-refractivity contribution < 1.29 is 0 Å². The molecule has 1 heterocycles. The van der Waals surface area contributed by atoms with Crippen molar-refractivity contribution in [3.8, 4) is 11.4 Å². The maximum atomic E-state index is 6.12. The lowest BCUT2D eigenvalue weighted by atomic mass is 9.96. The Morgan fingerprint density at radius 2 is 2.05 bits per heavy atom. The molecule has 0 amide bonds. The van der Waals surface area contributed by atoms with Crippen LogP contribution in [0.5, 0.6) is 0 Å². The summed E-state index contributed by atoms with van der Waals surface area (Å²) in [7, 11) is 0. The number of rotatable bonds is 3. The molecule has 5 heteroatoms. The zero-order valence-corrected chi connectivity index (χ0v) is 14.3. The number of nitrogens with one attached hydrogen (secondary N) is 1. The molecule has 0 atom stereocenters. The first-order chi connectivity index (χ1) is 10.2. The summed E-state index contributed by atoms with van der Waals surface area (Å²) in [5.41, 5.74) is 3.40. The zero-order valence-electron chi connectivity index (χ0n) is 11.9. The molecular weight excluding hydrogens is 350 g/mol. The van der Waals surface area contributed by atoms with Crippen LogP contribution >= 0.6 is 27.5 Å². The van der Waals surface area contributed by atoms with E-state index in [0.717, 1.165) is 41.1 Å². The Morgan fingerprint density at radius 3 is 2.86 bits per heavy atom. The fourth-order valence-corrected chi connectivity index (χ4v) is 3.29. The average molecular weight is 367 g/mol. The molecule has 1 N–H and O–H groups in total. The van der Waals surface area contributed by atoms with Crippen LogP contribution in [0, 0.1) is 0 Å². The molecular formula is C16H17BrClN3. The van der Waals surface area contributed by atoms with E-state index in [-0.39, 0.29) is 0 Å². The Bertz CT molecular complexity index is 673. The normalized spacial score (nSPS) is 13.9. The third-order valence-electron chi connectivity index (χ3n) is 3.70. The summed E-state index contributed by atoms with van der Waals surface area (Å²) in [6.07, 6.45) is 4.51. The molecule has 0 fully saturated rings. The van der Waals surface area contributed by atoms with E-state index in [2.05, 4.69) is 28.2 Å². The van der Waals surface area contributed by atoms with E-state index >= 15 is 0 Å². The predicted octanol–water partition coefficient (Wildman–Crippen LogP) is 4.87. The lowest BCUT2D eigenvalue weighted by molar-refractivity contribution is 0.664. The number of aromatic nitrogens is 2. The summed E-state index contributed by atoms with van der Waals surface area (Å²) in [4.78, 5) is 9.53. The first-order valence-corrected chi connectivity index (χ1v) is 8.45. The highest BCUT2D eigenvalue weighted by Gasteiger charge is 2.19. The van der Waals surface area contributed by atoms with Crippen LogP contribution in [0.2, 0.25) is 5.02 Å². The topological polar surface area (TPSA) is 37.8 Å². The standard InChI is InChI=1S/C16H17BrClN3/c1-2-19-15-11-5-3-4-6-14(11)20-16(21-15)12-9-10(18)7-8-13(12)17/h7-9H,2-6H2,1H3,(H,19,20,21). The number of fused-ring (bicyclic) bond motifs is 1. The molecule has 0 spiro atoms. The molecule has 1 aliphatic rings. The number of halogens is 2. The first-order valence-electron chi connectivity index (χ1n) is 7.28. The van der Waals surface area contributed by atoms with Gasteiger partial charge in [0.05, 0.1) is 0 Å². The molecule has 0 saturated heterocycles. The third-order valence-corrected chi connectivity index (χ3v) is 4.62. The summed E-state index contributed by atoms with van der Waals surface area (Å²) < 4.78 is 0.963. The van der Waals surface area contributed by atoms with Crippen molar-refractivity contribution >= 4 is 33.3 Å². The molecule has 3 nitrogen and oxygen atoms in total. The molecule has 0 radical (unpaired) electrons. The largest absolute Gasteiger partial charge is 0.370 e. The smallest absolute Gasteiger partial charge is 0.162 e. The molecule has 1 aliphatic carbocycles. The average Bonchev–Trinajstić information content (AvgIpc) is 2.50. The van der Waals surface area contributed by atoms with E-state index in [4.69, 9.17) is 21.6 Å². The molecule has 0 saturated carbocycles. The summed E-state index contributed by atoms with van der Waals surface area (Å²) in [6, 6.07) is 5.71. The van der Waals surface area contributed by atoms with Crippen molar-refractivity contribution in [2.75, 3.05) is 11.9 Å². The van der Waals surface area contributed by atoms with Gasteiger partial charge in [-0.1, -0.05) is 27.5 Å². The fraction of sp³-hybridized carbons (Fsp3) is 0.375. The molecule has 1 aromatic heterocycles. The zero-order chi connectivity index (χ0) is 14.8. The number of aryl methyl sites for hydroxylation is 1. The Morgan fingerprint density at radius 1 is 1.24 bits per heavy atom. The molecule has 0 unspecified atom stereocenters. The van der Waals surface area contributed by atoms with E-state index in [0.29, 0.717) is 5.02 Å². The van der Waals surface area contributed by atoms with Gasteiger partial charge in [-0.25, -0.2) is 9.97 Å².